The van der Waals surface area contributed by atoms with Gasteiger partial charge in [0.05, 0.1) is 0 Å². The molecule has 4 heteroatoms. The summed E-state index contributed by atoms with van der Waals surface area (Å²) in [6.45, 7) is 10.3. The van der Waals surface area contributed by atoms with E-state index in [1.54, 1.807) is 0 Å². The second kappa shape index (κ2) is 5.91. The van der Waals surface area contributed by atoms with Crippen LogP contribution in [0.1, 0.15) is 26.7 Å². The second-order valence-electron chi connectivity index (χ2n) is 5.46. The largest absolute Gasteiger partial charge is 0.329 e. The molecule has 0 radical (unpaired) electrons. The number of likely N-dealkylation sites (N-methyl/N-ethyl adjacent to an activating group) is 1. The molecule has 0 aromatic rings. The number of thioether (sulfide) groups is 1. The van der Waals surface area contributed by atoms with Crippen LogP contribution in [0.25, 0.3) is 0 Å². The average Bonchev–Trinajstić information content (AvgIpc) is 2.39. The zero-order valence-electron chi connectivity index (χ0n) is 11.3. The van der Waals surface area contributed by atoms with Crippen LogP contribution in [-0.4, -0.2) is 65.6 Å². The monoisotopic (exact) mass is 257 g/mol. The van der Waals surface area contributed by atoms with Gasteiger partial charge in [-0.3, -0.25) is 9.80 Å². The Hall–Kier alpha value is 0.230. The number of nitrogens with two attached hydrogens (primary N) is 1. The molecule has 100 valence electrons. The molecule has 2 saturated heterocycles. The second-order valence-corrected chi connectivity index (χ2v) is 6.69. The Morgan fingerprint density at radius 1 is 1.29 bits per heavy atom. The third-order valence-corrected chi connectivity index (χ3v) is 5.63. The molecule has 0 aromatic carbocycles. The molecule has 0 aliphatic carbocycles. The summed E-state index contributed by atoms with van der Waals surface area (Å²) in [5, 5.41) is 0. The van der Waals surface area contributed by atoms with Crippen LogP contribution in [0.3, 0.4) is 0 Å². The van der Waals surface area contributed by atoms with Gasteiger partial charge >= 0.3 is 0 Å². The molecule has 2 N–H and O–H groups in total. The Labute approximate surface area is 110 Å². The predicted octanol–water partition coefficient (Wildman–Crippen LogP) is 1.24. The average molecular weight is 257 g/mol. The molecular weight excluding hydrogens is 230 g/mol. The van der Waals surface area contributed by atoms with Crippen LogP contribution >= 0.6 is 11.8 Å². The molecule has 2 rings (SSSR count). The molecule has 2 fully saturated rings. The minimum absolute atomic E-state index is 0.319. The lowest BCUT2D eigenvalue weighted by Crippen LogP contribution is -2.63. The summed E-state index contributed by atoms with van der Waals surface area (Å²) in [5.41, 5.74) is 6.44. The fourth-order valence-corrected chi connectivity index (χ4v) is 4.55. The van der Waals surface area contributed by atoms with Crippen molar-refractivity contribution in [2.45, 2.75) is 38.3 Å². The van der Waals surface area contributed by atoms with Crippen molar-refractivity contribution in [1.82, 2.24) is 9.80 Å². The van der Waals surface area contributed by atoms with E-state index in [1.807, 2.05) is 0 Å². The Bertz CT molecular complexity index is 241. The van der Waals surface area contributed by atoms with Gasteiger partial charge in [0.25, 0.3) is 0 Å². The molecular formula is C13H27N3S. The maximum absolute atomic E-state index is 6.12. The summed E-state index contributed by atoms with van der Waals surface area (Å²) in [5.74, 6) is 2.58. The molecule has 0 saturated carbocycles. The number of rotatable bonds is 3. The molecule has 2 aliphatic rings. The van der Waals surface area contributed by atoms with Crippen molar-refractivity contribution in [3.8, 4) is 0 Å². The maximum Gasteiger partial charge on any atom is 0.0348 e. The minimum atomic E-state index is 0.319. The smallest absolute Gasteiger partial charge is 0.0348 e. The summed E-state index contributed by atoms with van der Waals surface area (Å²) >= 11 is 2.09. The first kappa shape index (κ1) is 13.7. The van der Waals surface area contributed by atoms with Crippen LogP contribution in [0.5, 0.6) is 0 Å². The third kappa shape index (κ3) is 2.80. The first-order valence-electron chi connectivity index (χ1n) is 6.99. The highest BCUT2D eigenvalue weighted by Crippen LogP contribution is 2.33. The number of nitrogens with zero attached hydrogens (tertiary/aromatic N) is 2. The van der Waals surface area contributed by atoms with Gasteiger partial charge in [-0.25, -0.2) is 0 Å². The highest BCUT2D eigenvalue weighted by atomic mass is 32.2. The van der Waals surface area contributed by atoms with Crippen LogP contribution in [0.15, 0.2) is 0 Å². The van der Waals surface area contributed by atoms with Gasteiger partial charge in [0.1, 0.15) is 0 Å². The molecule has 0 bridgehead atoms. The lowest BCUT2D eigenvalue weighted by atomic mass is 9.88. The van der Waals surface area contributed by atoms with E-state index in [0.717, 1.165) is 6.54 Å². The van der Waals surface area contributed by atoms with Gasteiger partial charge in [0.2, 0.25) is 0 Å². The van der Waals surface area contributed by atoms with Crippen molar-refractivity contribution in [2.24, 2.45) is 5.73 Å². The van der Waals surface area contributed by atoms with E-state index in [-0.39, 0.29) is 0 Å². The SMILES string of the molecule is CCN1CCN(C2(CN)CCSCC2)CC1C. The number of hydrogen-bond donors (Lipinski definition) is 1. The minimum Gasteiger partial charge on any atom is -0.329 e. The van der Waals surface area contributed by atoms with Gasteiger partial charge in [-0.05, 0) is 37.8 Å². The van der Waals surface area contributed by atoms with Gasteiger partial charge < -0.3 is 5.73 Å². The topological polar surface area (TPSA) is 32.5 Å². The zero-order valence-corrected chi connectivity index (χ0v) is 12.1. The van der Waals surface area contributed by atoms with E-state index >= 15 is 0 Å². The highest BCUT2D eigenvalue weighted by Gasteiger charge is 2.39. The van der Waals surface area contributed by atoms with Crippen LogP contribution in [0, 0.1) is 0 Å². The molecule has 1 atom stereocenters. The molecule has 17 heavy (non-hydrogen) atoms. The van der Waals surface area contributed by atoms with Gasteiger partial charge in [0, 0.05) is 37.8 Å². The lowest BCUT2D eigenvalue weighted by molar-refractivity contribution is 0.00551. The Balaban J connectivity index is 2.01. The van der Waals surface area contributed by atoms with Gasteiger partial charge in [-0.1, -0.05) is 6.92 Å². The van der Waals surface area contributed by atoms with E-state index in [1.165, 1.54) is 50.5 Å². The zero-order chi connectivity index (χ0) is 12.3. The van der Waals surface area contributed by atoms with Crippen molar-refractivity contribution in [3.05, 3.63) is 0 Å². The maximum atomic E-state index is 6.12. The Kier molecular flexibility index (Phi) is 4.75. The van der Waals surface area contributed by atoms with E-state index < -0.39 is 0 Å². The van der Waals surface area contributed by atoms with Crippen molar-refractivity contribution in [1.29, 1.82) is 0 Å². The number of piperazine rings is 1. The fourth-order valence-electron chi connectivity index (χ4n) is 3.30. The Morgan fingerprint density at radius 2 is 2.00 bits per heavy atom. The molecule has 1 unspecified atom stereocenters. The lowest BCUT2D eigenvalue weighted by Gasteiger charge is -2.51. The summed E-state index contributed by atoms with van der Waals surface area (Å²) in [6, 6.07) is 0.687. The number of hydrogen-bond acceptors (Lipinski definition) is 4. The van der Waals surface area contributed by atoms with E-state index in [2.05, 4.69) is 35.4 Å². The fraction of sp³-hybridized carbons (Fsp3) is 1.00. The standard InChI is InChI=1S/C13H27N3S/c1-3-15-6-7-16(10-12(15)2)13(11-14)4-8-17-9-5-13/h12H,3-11,14H2,1-2H3. The normalized spacial score (nSPS) is 31.6. The predicted molar refractivity (Wildman–Crippen MR) is 76.6 cm³/mol. The van der Waals surface area contributed by atoms with Crippen LogP contribution in [0.4, 0.5) is 0 Å². The van der Waals surface area contributed by atoms with Crippen molar-refractivity contribution in [2.75, 3.05) is 44.2 Å². The van der Waals surface area contributed by atoms with Gasteiger partial charge in [-0.2, -0.15) is 11.8 Å². The van der Waals surface area contributed by atoms with E-state index in [0.29, 0.717) is 11.6 Å². The van der Waals surface area contributed by atoms with Crippen molar-refractivity contribution < 1.29 is 0 Å². The molecule has 2 heterocycles. The Morgan fingerprint density at radius 3 is 2.53 bits per heavy atom. The summed E-state index contributed by atoms with van der Waals surface area (Å²) in [7, 11) is 0. The van der Waals surface area contributed by atoms with Crippen molar-refractivity contribution in [3.63, 3.8) is 0 Å². The van der Waals surface area contributed by atoms with E-state index in [9.17, 15) is 0 Å². The van der Waals surface area contributed by atoms with E-state index in [4.69, 9.17) is 5.73 Å². The first-order valence-corrected chi connectivity index (χ1v) is 8.14. The van der Waals surface area contributed by atoms with Crippen LogP contribution in [0.2, 0.25) is 0 Å². The van der Waals surface area contributed by atoms with Gasteiger partial charge in [-0.15, -0.1) is 0 Å². The molecule has 0 aromatic heterocycles. The highest BCUT2D eigenvalue weighted by molar-refractivity contribution is 7.99. The molecule has 2 aliphatic heterocycles. The molecule has 0 amide bonds. The van der Waals surface area contributed by atoms with Gasteiger partial charge in [0.15, 0.2) is 0 Å². The van der Waals surface area contributed by atoms with Crippen LogP contribution in [-0.2, 0) is 0 Å². The summed E-state index contributed by atoms with van der Waals surface area (Å²) in [6.07, 6.45) is 2.57. The van der Waals surface area contributed by atoms with Crippen LogP contribution < -0.4 is 5.73 Å². The summed E-state index contributed by atoms with van der Waals surface area (Å²) < 4.78 is 0. The quantitative estimate of drug-likeness (QED) is 0.824. The summed E-state index contributed by atoms with van der Waals surface area (Å²) in [4.78, 5) is 5.28. The third-order valence-electron chi connectivity index (χ3n) is 4.65. The van der Waals surface area contributed by atoms with Crippen molar-refractivity contribution >= 4 is 11.8 Å². The molecule has 0 spiro atoms. The first-order chi connectivity index (χ1) is 8.22. The molecule has 3 nitrogen and oxygen atoms in total.